The van der Waals surface area contributed by atoms with Gasteiger partial charge < -0.3 is 4.90 Å². The van der Waals surface area contributed by atoms with Gasteiger partial charge in [0.15, 0.2) is 10.9 Å². The minimum absolute atomic E-state index is 0. The van der Waals surface area contributed by atoms with E-state index in [4.69, 9.17) is 0 Å². The Hall–Kier alpha value is -2.87. The largest absolute Gasteiger partial charge is 0.309 e. The Morgan fingerprint density at radius 1 is 0.941 bits per heavy atom. The van der Waals surface area contributed by atoms with E-state index >= 15 is 0 Å². The zero-order valence-corrected chi connectivity index (χ0v) is 20.6. The van der Waals surface area contributed by atoms with Crippen LogP contribution >= 0.6 is 23.7 Å². The standard InChI is InChI=1S/C26H25F2N3OS.ClH/c1-30(2)14-9-15-31(26-29-24-21(28)16-20(27)17-22(24)33-26)25(32)23(18-10-5-3-6-11-18)19-12-7-4-8-13-19;/h3-8,10-13,16-17,23H,9,14-15H2,1-2H3;1H. The van der Waals surface area contributed by atoms with Crippen molar-refractivity contribution in [1.82, 2.24) is 9.88 Å². The Morgan fingerprint density at radius 3 is 2.09 bits per heavy atom. The van der Waals surface area contributed by atoms with Gasteiger partial charge in [-0.05, 0) is 44.3 Å². The predicted octanol–water partition coefficient (Wildman–Crippen LogP) is 6.11. The van der Waals surface area contributed by atoms with Gasteiger partial charge >= 0.3 is 0 Å². The summed E-state index contributed by atoms with van der Waals surface area (Å²) in [5.41, 5.74) is 1.81. The van der Waals surface area contributed by atoms with Crippen molar-refractivity contribution in [2.24, 2.45) is 0 Å². The monoisotopic (exact) mass is 501 g/mol. The van der Waals surface area contributed by atoms with Crippen LogP contribution in [0.5, 0.6) is 0 Å². The van der Waals surface area contributed by atoms with Gasteiger partial charge in [0.2, 0.25) is 5.91 Å². The van der Waals surface area contributed by atoms with Gasteiger partial charge in [-0.2, -0.15) is 0 Å². The summed E-state index contributed by atoms with van der Waals surface area (Å²) in [6.07, 6.45) is 0.710. The maximum atomic E-state index is 14.4. The van der Waals surface area contributed by atoms with E-state index in [0.717, 1.165) is 35.1 Å². The van der Waals surface area contributed by atoms with Crippen LogP contribution in [0.1, 0.15) is 23.5 Å². The molecule has 0 aliphatic rings. The first-order chi connectivity index (χ1) is 15.9. The van der Waals surface area contributed by atoms with Crippen LogP contribution in [0.2, 0.25) is 0 Å². The fraction of sp³-hybridized carbons (Fsp3) is 0.231. The number of hydrogen-bond acceptors (Lipinski definition) is 4. The number of nitrogens with zero attached hydrogens (tertiary/aromatic N) is 3. The number of anilines is 1. The average Bonchev–Trinajstić information content (AvgIpc) is 3.22. The number of aromatic nitrogens is 1. The molecule has 0 N–H and O–H groups in total. The number of rotatable bonds is 8. The number of amides is 1. The molecule has 0 atom stereocenters. The Morgan fingerprint density at radius 2 is 1.53 bits per heavy atom. The van der Waals surface area contributed by atoms with E-state index in [1.807, 2.05) is 79.7 Å². The Kier molecular flexibility index (Phi) is 8.72. The summed E-state index contributed by atoms with van der Waals surface area (Å²) in [4.78, 5) is 22.1. The number of fused-ring (bicyclic) bond motifs is 1. The molecular formula is C26H26ClF2N3OS. The second-order valence-electron chi connectivity index (χ2n) is 8.13. The molecular weight excluding hydrogens is 476 g/mol. The summed E-state index contributed by atoms with van der Waals surface area (Å²) in [6.45, 7) is 1.19. The van der Waals surface area contributed by atoms with Crippen molar-refractivity contribution in [3.05, 3.63) is 95.6 Å². The molecule has 1 heterocycles. The maximum Gasteiger partial charge on any atom is 0.240 e. The molecule has 1 amide bonds. The van der Waals surface area contributed by atoms with Crippen LogP contribution in [0, 0.1) is 11.6 Å². The molecule has 8 heteroatoms. The van der Waals surface area contributed by atoms with Crippen LogP contribution in [-0.4, -0.2) is 43.0 Å². The zero-order valence-electron chi connectivity index (χ0n) is 18.9. The molecule has 0 fully saturated rings. The van der Waals surface area contributed by atoms with Gasteiger partial charge in [-0.3, -0.25) is 9.69 Å². The van der Waals surface area contributed by atoms with Crippen LogP contribution in [0.3, 0.4) is 0 Å². The van der Waals surface area contributed by atoms with Crippen molar-refractivity contribution < 1.29 is 13.6 Å². The highest BCUT2D eigenvalue weighted by molar-refractivity contribution is 7.22. The van der Waals surface area contributed by atoms with E-state index < -0.39 is 17.6 Å². The number of hydrogen-bond donors (Lipinski definition) is 0. The SMILES string of the molecule is CN(C)CCCN(C(=O)C(c1ccccc1)c1ccccc1)c1nc2c(F)cc(F)cc2s1.Cl. The van der Waals surface area contributed by atoms with Crippen molar-refractivity contribution >= 4 is 45.0 Å². The highest BCUT2D eigenvalue weighted by atomic mass is 35.5. The minimum Gasteiger partial charge on any atom is -0.309 e. The third kappa shape index (κ3) is 5.78. The third-order valence-electron chi connectivity index (χ3n) is 5.40. The second kappa shape index (κ2) is 11.5. The third-order valence-corrected chi connectivity index (χ3v) is 6.42. The van der Waals surface area contributed by atoms with Gasteiger partial charge in [0.05, 0.1) is 10.6 Å². The van der Waals surface area contributed by atoms with E-state index in [0.29, 0.717) is 22.8 Å². The van der Waals surface area contributed by atoms with Crippen LogP contribution in [0.4, 0.5) is 13.9 Å². The first-order valence-corrected chi connectivity index (χ1v) is 11.6. The fourth-order valence-corrected chi connectivity index (χ4v) is 4.87. The summed E-state index contributed by atoms with van der Waals surface area (Å²) in [7, 11) is 3.94. The summed E-state index contributed by atoms with van der Waals surface area (Å²) in [6, 6.07) is 21.3. The van der Waals surface area contributed by atoms with Gasteiger partial charge in [-0.25, -0.2) is 13.8 Å². The first kappa shape index (κ1) is 25.7. The topological polar surface area (TPSA) is 36.4 Å². The van der Waals surface area contributed by atoms with Crippen LogP contribution in [0.25, 0.3) is 10.2 Å². The van der Waals surface area contributed by atoms with Gasteiger partial charge in [0.25, 0.3) is 0 Å². The van der Waals surface area contributed by atoms with Gasteiger partial charge in [-0.15, -0.1) is 12.4 Å². The molecule has 1 aromatic heterocycles. The number of carbonyl (C=O) groups is 1. The van der Waals surface area contributed by atoms with Gasteiger partial charge in [0, 0.05) is 12.6 Å². The molecule has 0 bridgehead atoms. The minimum atomic E-state index is -0.726. The van der Waals surface area contributed by atoms with Crippen molar-refractivity contribution in [1.29, 1.82) is 0 Å². The number of benzene rings is 3. The fourth-order valence-electron chi connectivity index (χ4n) is 3.83. The molecule has 4 rings (SSSR count). The maximum absolute atomic E-state index is 14.4. The first-order valence-electron chi connectivity index (χ1n) is 10.8. The lowest BCUT2D eigenvalue weighted by molar-refractivity contribution is -0.119. The van der Waals surface area contributed by atoms with Crippen LogP contribution < -0.4 is 4.90 Å². The van der Waals surface area contributed by atoms with E-state index in [-0.39, 0.29) is 23.8 Å². The quantitative estimate of drug-likeness (QED) is 0.292. The molecule has 34 heavy (non-hydrogen) atoms. The summed E-state index contributed by atoms with van der Waals surface area (Å²) < 4.78 is 28.5. The molecule has 178 valence electrons. The number of thiazole rings is 1. The Labute approximate surface area is 208 Å². The Bertz CT molecular complexity index is 1200. The molecule has 3 aromatic carbocycles. The lowest BCUT2D eigenvalue weighted by Gasteiger charge is -2.26. The molecule has 0 aliphatic heterocycles. The molecule has 0 saturated heterocycles. The lowest BCUT2D eigenvalue weighted by Crippen LogP contribution is -2.37. The highest BCUT2D eigenvalue weighted by Crippen LogP contribution is 2.35. The Balaban J connectivity index is 0.00000324. The normalized spacial score (nSPS) is 11.1. The second-order valence-corrected chi connectivity index (χ2v) is 9.14. The molecule has 0 radical (unpaired) electrons. The number of carbonyl (C=O) groups excluding carboxylic acids is 1. The van der Waals surface area contributed by atoms with Crippen molar-refractivity contribution in [2.45, 2.75) is 12.3 Å². The average molecular weight is 502 g/mol. The van der Waals surface area contributed by atoms with Crippen molar-refractivity contribution in [2.75, 3.05) is 32.1 Å². The molecule has 4 nitrogen and oxygen atoms in total. The predicted molar refractivity (Wildman–Crippen MR) is 137 cm³/mol. The van der Waals surface area contributed by atoms with E-state index in [1.165, 1.54) is 6.07 Å². The van der Waals surface area contributed by atoms with Crippen molar-refractivity contribution in [3.8, 4) is 0 Å². The van der Waals surface area contributed by atoms with Gasteiger partial charge in [0.1, 0.15) is 11.3 Å². The lowest BCUT2D eigenvalue weighted by atomic mass is 9.90. The summed E-state index contributed by atoms with van der Waals surface area (Å²) >= 11 is 1.13. The zero-order chi connectivity index (χ0) is 23.4. The van der Waals surface area contributed by atoms with E-state index in [1.54, 1.807) is 4.90 Å². The summed E-state index contributed by atoms with van der Waals surface area (Å²) in [5, 5.41) is 0.370. The molecule has 4 aromatic rings. The van der Waals surface area contributed by atoms with Crippen LogP contribution in [0.15, 0.2) is 72.8 Å². The number of halogens is 3. The van der Waals surface area contributed by atoms with Gasteiger partial charge in [-0.1, -0.05) is 72.0 Å². The molecule has 0 saturated carbocycles. The highest BCUT2D eigenvalue weighted by Gasteiger charge is 2.30. The van der Waals surface area contributed by atoms with Crippen LogP contribution in [-0.2, 0) is 4.79 Å². The van der Waals surface area contributed by atoms with Crippen molar-refractivity contribution in [3.63, 3.8) is 0 Å². The van der Waals surface area contributed by atoms with E-state index in [9.17, 15) is 13.6 Å². The van der Waals surface area contributed by atoms with E-state index in [2.05, 4.69) is 4.98 Å². The molecule has 0 spiro atoms. The molecule has 0 aliphatic carbocycles. The molecule has 0 unspecified atom stereocenters. The summed E-state index contributed by atoms with van der Waals surface area (Å²) in [5.74, 6) is -2.07. The smallest absolute Gasteiger partial charge is 0.240 e.